The van der Waals surface area contributed by atoms with Crippen LogP contribution in [0.1, 0.15) is 27.7 Å². The van der Waals surface area contributed by atoms with Gasteiger partial charge in [-0.25, -0.2) is 0 Å². The molecule has 18 heavy (non-hydrogen) atoms. The number of aryl methyl sites for hydroxylation is 1. The Hall–Kier alpha value is -0.680. The van der Waals surface area contributed by atoms with E-state index in [1.807, 2.05) is 28.8 Å². The van der Waals surface area contributed by atoms with E-state index < -0.39 is 6.10 Å². The predicted molar refractivity (Wildman–Crippen MR) is 79.5 cm³/mol. The number of aliphatic hydroxyl groups excluding tert-OH is 1. The summed E-state index contributed by atoms with van der Waals surface area (Å²) in [6, 6.07) is 8.68. The Bertz CT molecular complexity index is 464. The first-order valence-corrected chi connectivity index (χ1v) is 7.85. The molecule has 0 aromatic carbocycles. The monoisotopic (exact) mass is 281 g/mol. The summed E-state index contributed by atoms with van der Waals surface area (Å²) in [6.45, 7) is 4.91. The molecule has 0 saturated carbocycles. The molecule has 0 aliphatic heterocycles. The number of rotatable bonds is 6. The second-order valence-corrected chi connectivity index (χ2v) is 6.91. The summed E-state index contributed by atoms with van der Waals surface area (Å²) in [5.41, 5.74) is 0. The maximum absolute atomic E-state index is 9.98. The summed E-state index contributed by atoms with van der Waals surface area (Å²) >= 11 is 3.45. The molecule has 0 radical (unpaired) electrons. The lowest BCUT2D eigenvalue weighted by atomic mass is 10.2. The minimum atomic E-state index is -0.391. The molecule has 0 fully saturated rings. The van der Waals surface area contributed by atoms with E-state index in [4.69, 9.17) is 0 Å². The van der Waals surface area contributed by atoms with Crippen molar-refractivity contribution in [3.8, 4) is 0 Å². The van der Waals surface area contributed by atoms with Crippen LogP contribution in [-0.2, 0) is 6.42 Å². The van der Waals surface area contributed by atoms with Crippen LogP contribution in [0.3, 0.4) is 0 Å². The van der Waals surface area contributed by atoms with Crippen molar-refractivity contribution in [3.63, 3.8) is 0 Å². The fourth-order valence-corrected chi connectivity index (χ4v) is 3.59. The zero-order valence-corrected chi connectivity index (χ0v) is 12.4. The maximum Gasteiger partial charge on any atom is 0.101 e. The number of hydrogen-bond donors (Lipinski definition) is 2. The molecule has 2 nitrogen and oxygen atoms in total. The molecular formula is C14H19NOS2. The molecule has 2 rings (SSSR count). The zero-order chi connectivity index (χ0) is 13.0. The molecule has 0 spiro atoms. The average molecular weight is 281 g/mol. The highest BCUT2D eigenvalue weighted by Crippen LogP contribution is 2.19. The standard InChI is InChI=1S/C14H19NOS2/c1-10(8-12-6-5-11(2)18-12)15-9-13(16)14-4-3-7-17-14/h3-7,10,13,15-16H,8-9H2,1-2H3. The molecular weight excluding hydrogens is 262 g/mol. The Kier molecular flexibility index (Phi) is 4.95. The molecule has 2 atom stereocenters. The summed E-state index contributed by atoms with van der Waals surface area (Å²) in [5.74, 6) is 0. The molecule has 0 aliphatic rings. The van der Waals surface area contributed by atoms with E-state index in [9.17, 15) is 5.11 Å². The summed E-state index contributed by atoms with van der Waals surface area (Å²) in [5, 5.41) is 15.4. The Morgan fingerprint density at radius 1 is 1.33 bits per heavy atom. The van der Waals surface area contributed by atoms with Gasteiger partial charge >= 0.3 is 0 Å². The Morgan fingerprint density at radius 2 is 2.17 bits per heavy atom. The molecule has 2 aromatic rings. The van der Waals surface area contributed by atoms with Crippen LogP contribution in [0.2, 0.25) is 0 Å². The van der Waals surface area contributed by atoms with Gasteiger partial charge in [0.25, 0.3) is 0 Å². The first-order valence-electron chi connectivity index (χ1n) is 6.15. The van der Waals surface area contributed by atoms with Gasteiger partial charge < -0.3 is 10.4 Å². The molecule has 98 valence electrons. The Labute approximate surface area is 116 Å². The van der Waals surface area contributed by atoms with Crippen LogP contribution in [0.25, 0.3) is 0 Å². The number of thiophene rings is 2. The highest BCUT2D eigenvalue weighted by Gasteiger charge is 2.11. The Morgan fingerprint density at radius 3 is 2.78 bits per heavy atom. The minimum absolute atomic E-state index is 0.387. The van der Waals surface area contributed by atoms with Crippen molar-refractivity contribution in [3.05, 3.63) is 44.3 Å². The predicted octanol–water partition coefficient (Wildman–Crippen LogP) is 3.37. The van der Waals surface area contributed by atoms with Gasteiger partial charge in [-0.05, 0) is 43.8 Å². The molecule has 0 aliphatic carbocycles. The van der Waals surface area contributed by atoms with Gasteiger partial charge in [-0.3, -0.25) is 0 Å². The second-order valence-electron chi connectivity index (χ2n) is 4.56. The quantitative estimate of drug-likeness (QED) is 0.851. The third kappa shape index (κ3) is 3.92. The van der Waals surface area contributed by atoms with Gasteiger partial charge in [0.05, 0.1) is 0 Å². The van der Waals surface area contributed by atoms with E-state index in [2.05, 4.69) is 31.3 Å². The van der Waals surface area contributed by atoms with Crippen LogP contribution in [0.5, 0.6) is 0 Å². The van der Waals surface area contributed by atoms with Crippen LogP contribution in [-0.4, -0.2) is 17.7 Å². The van der Waals surface area contributed by atoms with Crippen LogP contribution in [0.4, 0.5) is 0 Å². The van der Waals surface area contributed by atoms with Crippen molar-refractivity contribution in [2.45, 2.75) is 32.4 Å². The molecule has 2 aromatic heterocycles. The lowest BCUT2D eigenvalue weighted by molar-refractivity contribution is 0.174. The van der Waals surface area contributed by atoms with Gasteiger partial charge in [-0.2, -0.15) is 0 Å². The Balaban J connectivity index is 1.76. The first kappa shape index (κ1) is 13.7. The lowest BCUT2D eigenvalue weighted by Crippen LogP contribution is -2.31. The summed E-state index contributed by atoms with van der Waals surface area (Å²) in [7, 11) is 0. The van der Waals surface area contributed by atoms with Crippen LogP contribution in [0, 0.1) is 6.92 Å². The molecule has 0 saturated heterocycles. The lowest BCUT2D eigenvalue weighted by Gasteiger charge is -2.15. The largest absolute Gasteiger partial charge is 0.386 e. The van der Waals surface area contributed by atoms with Crippen LogP contribution < -0.4 is 5.32 Å². The topological polar surface area (TPSA) is 32.3 Å². The van der Waals surface area contributed by atoms with E-state index in [0.717, 1.165) is 11.3 Å². The highest BCUT2D eigenvalue weighted by molar-refractivity contribution is 7.11. The van der Waals surface area contributed by atoms with E-state index in [1.165, 1.54) is 9.75 Å². The number of nitrogens with one attached hydrogen (secondary N) is 1. The van der Waals surface area contributed by atoms with Crippen molar-refractivity contribution in [2.24, 2.45) is 0 Å². The molecule has 2 unspecified atom stereocenters. The highest BCUT2D eigenvalue weighted by atomic mass is 32.1. The SMILES string of the molecule is Cc1ccc(CC(C)NCC(O)c2cccs2)s1. The van der Waals surface area contributed by atoms with E-state index in [-0.39, 0.29) is 0 Å². The summed E-state index contributed by atoms with van der Waals surface area (Å²) < 4.78 is 0. The van der Waals surface area contributed by atoms with Gasteiger partial charge in [-0.15, -0.1) is 22.7 Å². The third-order valence-electron chi connectivity index (χ3n) is 2.83. The normalized spacial score (nSPS) is 14.6. The summed E-state index contributed by atoms with van der Waals surface area (Å²) in [4.78, 5) is 3.79. The van der Waals surface area contributed by atoms with Crippen molar-refractivity contribution in [1.29, 1.82) is 0 Å². The maximum atomic E-state index is 9.98. The van der Waals surface area contributed by atoms with E-state index in [0.29, 0.717) is 12.6 Å². The molecule has 4 heteroatoms. The van der Waals surface area contributed by atoms with Gasteiger partial charge in [-0.1, -0.05) is 6.07 Å². The molecule has 0 bridgehead atoms. The van der Waals surface area contributed by atoms with Crippen LogP contribution in [0.15, 0.2) is 29.6 Å². The molecule has 0 amide bonds. The second kappa shape index (κ2) is 6.48. The fraction of sp³-hybridized carbons (Fsp3) is 0.429. The number of hydrogen-bond acceptors (Lipinski definition) is 4. The smallest absolute Gasteiger partial charge is 0.101 e. The van der Waals surface area contributed by atoms with E-state index in [1.54, 1.807) is 11.3 Å². The third-order valence-corrected chi connectivity index (χ3v) is 4.83. The van der Waals surface area contributed by atoms with Crippen molar-refractivity contribution >= 4 is 22.7 Å². The van der Waals surface area contributed by atoms with Crippen molar-refractivity contribution in [2.75, 3.05) is 6.54 Å². The van der Waals surface area contributed by atoms with Crippen molar-refractivity contribution in [1.82, 2.24) is 5.32 Å². The minimum Gasteiger partial charge on any atom is -0.386 e. The van der Waals surface area contributed by atoms with Crippen molar-refractivity contribution < 1.29 is 5.11 Å². The molecule has 2 N–H and O–H groups in total. The first-order chi connectivity index (χ1) is 8.65. The molecule has 2 heterocycles. The van der Waals surface area contributed by atoms with E-state index >= 15 is 0 Å². The van der Waals surface area contributed by atoms with Gasteiger partial charge in [0.15, 0.2) is 0 Å². The van der Waals surface area contributed by atoms with Gasteiger partial charge in [0, 0.05) is 27.2 Å². The number of aliphatic hydroxyl groups is 1. The average Bonchev–Trinajstić information content (AvgIpc) is 2.97. The fourth-order valence-electron chi connectivity index (χ4n) is 1.86. The van der Waals surface area contributed by atoms with Gasteiger partial charge in [0.2, 0.25) is 0 Å². The summed E-state index contributed by atoms with van der Waals surface area (Å²) in [6.07, 6.45) is 0.632. The van der Waals surface area contributed by atoms with Gasteiger partial charge in [0.1, 0.15) is 6.10 Å². The zero-order valence-electron chi connectivity index (χ0n) is 10.7. The van der Waals surface area contributed by atoms with Crippen LogP contribution >= 0.6 is 22.7 Å².